The molecule has 1 atom stereocenters. The molecule has 1 aromatic rings. The van der Waals surface area contributed by atoms with E-state index < -0.39 is 5.82 Å². The molecule has 1 aromatic carbocycles. The van der Waals surface area contributed by atoms with Gasteiger partial charge in [0, 0.05) is 39.5 Å². The first kappa shape index (κ1) is 18.2. The fraction of sp³-hybridized carbons (Fsp3) is 0.529. The molecule has 0 bridgehead atoms. The van der Waals surface area contributed by atoms with E-state index in [0.717, 1.165) is 0 Å². The summed E-state index contributed by atoms with van der Waals surface area (Å²) in [5.74, 6) is -0.293. The number of amides is 2. The number of benzene rings is 1. The Morgan fingerprint density at radius 2 is 2.25 bits per heavy atom. The number of likely N-dealkylation sites (tertiary alicyclic amines) is 1. The standard InChI is InChI=1S/C17H24FN3O3/c1-20-10-12(8-16(20)22)11-21(2)17(23)14-9-13(18)4-5-15(14)24-7-3-6-19/h4-5,9,12H,3,6-8,10-11,19H2,1-2H3/t12-/m0/s1. The molecule has 24 heavy (non-hydrogen) atoms. The molecule has 0 aliphatic carbocycles. The number of nitrogens with two attached hydrogens (primary N) is 1. The van der Waals surface area contributed by atoms with Gasteiger partial charge in [0.2, 0.25) is 5.91 Å². The first-order valence-electron chi connectivity index (χ1n) is 8.04. The average Bonchev–Trinajstić information content (AvgIpc) is 2.86. The van der Waals surface area contributed by atoms with Crippen molar-refractivity contribution in [1.82, 2.24) is 9.80 Å². The molecule has 0 aromatic heterocycles. The Kier molecular flexibility index (Phi) is 6.14. The van der Waals surface area contributed by atoms with E-state index in [0.29, 0.717) is 44.8 Å². The van der Waals surface area contributed by atoms with Crippen LogP contribution in [0.5, 0.6) is 5.75 Å². The molecule has 1 aliphatic heterocycles. The Hall–Kier alpha value is -2.15. The molecule has 0 saturated carbocycles. The van der Waals surface area contributed by atoms with Gasteiger partial charge in [-0.3, -0.25) is 9.59 Å². The first-order valence-corrected chi connectivity index (χ1v) is 8.04. The molecule has 0 unspecified atom stereocenters. The Bertz CT molecular complexity index is 609. The molecular weight excluding hydrogens is 313 g/mol. The van der Waals surface area contributed by atoms with E-state index in [4.69, 9.17) is 10.5 Å². The Morgan fingerprint density at radius 3 is 2.88 bits per heavy atom. The molecule has 2 N–H and O–H groups in total. The van der Waals surface area contributed by atoms with Crippen molar-refractivity contribution >= 4 is 11.8 Å². The van der Waals surface area contributed by atoms with Crippen LogP contribution in [-0.4, -0.2) is 62.0 Å². The molecule has 1 saturated heterocycles. The second kappa shape index (κ2) is 8.10. The quantitative estimate of drug-likeness (QED) is 0.756. The van der Waals surface area contributed by atoms with E-state index in [9.17, 15) is 14.0 Å². The van der Waals surface area contributed by atoms with Gasteiger partial charge in [-0.15, -0.1) is 0 Å². The van der Waals surface area contributed by atoms with E-state index in [1.54, 1.807) is 19.0 Å². The lowest BCUT2D eigenvalue weighted by Crippen LogP contribution is -2.33. The maximum Gasteiger partial charge on any atom is 0.257 e. The van der Waals surface area contributed by atoms with Crippen LogP contribution in [0.1, 0.15) is 23.2 Å². The molecule has 1 heterocycles. The highest BCUT2D eigenvalue weighted by Gasteiger charge is 2.29. The number of ether oxygens (including phenoxy) is 1. The van der Waals surface area contributed by atoms with Crippen molar-refractivity contribution < 1.29 is 18.7 Å². The smallest absolute Gasteiger partial charge is 0.257 e. The van der Waals surface area contributed by atoms with Gasteiger partial charge in [-0.05, 0) is 31.2 Å². The van der Waals surface area contributed by atoms with Gasteiger partial charge in [0.25, 0.3) is 5.91 Å². The Labute approximate surface area is 141 Å². The van der Waals surface area contributed by atoms with E-state index in [1.807, 2.05) is 0 Å². The summed E-state index contributed by atoms with van der Waals surface area (Å²) in [4.78, 5) is 27.4. The van der Waals surface area contributed by atoms with Crippen molar-refractivity contribution in [2.75, 3.05) is 40.3 Å². The molecule has 2 rings (SSSR count). The number of nitrogens with zero attached hydrogens (tertiary/aromatic N) is 2. The molecule has 6 nitrogen and oxygen atoms in total. The van der Waals surface area contributed by atoms with Crippen molar-refractivity contribution in [2.24, 2.45) is 11.7 Å². The third-order valence-electron chi connectivity index (χ3n) is 4.08. The first-order chi connectivity index (χ1) is 11.4. The largest absolute Gasteiger partial charge is 0.493 e. The lowest BCUT2D eigenvalue weighted by atomic mass is 10.1. The Balaban J connectivity index is 2.07. The van der Waals surface area contributed by atoms with Crippen molar-refractivity contribution in [3.8, 4) is 5.75 Å². The summed E-state index contributed by atoms with van der Waals surface area (Å²) in [6, 6.07) is 3.90. The summed E-state index contributed by atoms with van der Waals surface area (Å²) in [7, 11) is 3.40. The van der Waals surface area contributed by atoms with Gasteiger partial charge in [0.1, 0.15) is 11.6 Å². The van der Waals surface area contributed by atoms with Crippen molar-refractivity contribution in [3.63, 3.8) is 0 Å². The van der Waals surface area contributed by atoms with E-state index in [1.165, 1.54) is 23.1 Å². The van der Waals surface area contributed by atoms with Crippen LogP contribution >= 0.6 is 0 Å². The zero-order valence-electron chi connectivity index (χ0n) is 14.1. The third-order valence-corrected chi connectivity index (χ3v) is 4.08. The second-order valence-corrected chi connectivity index (χ2v) is 6.16. The summed E-state index contributed by atoms with van der Waals surface area (Å²) < 4.78 is 19.1. The summed E-state index contributed by atoms with van der Waals surface area (Å²) in [6.07, 6.45) is 1.08. The number of rotatable bonds is 7. The molecule has 0 spiro atoms. The highest BCUT2D eigenvalue weighted by atomic mass is 19.1. The molecule has 7 heteroatoms. The molecular formula is C17H24FN3O3. The predicted molar refractivity (Wildman–Crippen MR) is 88.3 cm³/mol. The van der Waals surface area contributed by atoms with Gasteiger partial charge >= 0.3 is 0 Å². The van der Waals surface area contributed by atoms with Crippen molar-refractivity contribution in [2.45, 2.75) is 12.8 Å². The fourth-order valence-electron chi connectivity index (χ4n) is 2.82. The normalized spacial score (nSPS) is 17.2. The fourth-order valence-corrected chi connectivity index (χ4v) is 2.82. The minimum atomic E-state index is -0.492. The monoisotopic (exact) mass is 337 g/mol. The van der Waals surface area contributed by atoms with Gasteiger partial charge in [-0.2, -0.15) is 0 Å². The van der Waals surface area contributed by atoms with Crippen LogP contribution in [0.2, 0.25) is 0 Å². The minimum Gasteiger partial charge on any atom is -0.493 e. The number of halogens is 1. The third kappa shape index (κ3) is 4.44. The molecule has 1 aliphatic rings. The predicted octanol–water partition coefficient (Wildman–Crippen LogP) is 1.10. The summed E-state index contributed by atoms with van der Waals surface area (Å²) in [5.41, 5.74) is 5.62. The van der Waals surface area contributed by atoms with Gasteiger partial charge in [-0.25, -0.2) is 4.39 Å². The number of hydrogen-bond donors (Lipinski definition) is 1. The summed E-state index contributed by atoms with van der Waals surface area (Å²) >= 11 is 0. The van der Waals surface area contributed by atoms with E-state index in [2.05, 4.69) is 0 Å². The van der Waals surface area contributed by atoms with Crippen LogP contribution in [0.15, 0.2) is 18.2 Å². The maximum atomic E-state index is 13.6. The lowest BCUT2D eigenvalue weighted by molar-refractivity contribution is -0.126. The van der Waals surface area contributed by atoms with Gasteiger partial charge in [0.05, 0.1) is 12.2 Å². The SMILES string of the molecule is CN1C[C@@H](CN(C)C(=O)c2cc(F)ccc2OCCCN)CC1=O. The summed E-state index contributed by atoms with van der Waals surface area (Å²) in [5, 5.41) is 0. The number of hydrogen-bond acceptors (Lipinski definition) is 4. The lowest BCUT2D eigenvalue weighted by Gasteiger charge is -2.22. The van der Waals surface area contributed by atoms with Crippen molar-refractivity contribution in [3.05, 3.63) is 29.6 Å². The zero-order chi connectivity index (χ0) is 17.7. The molecule has 1 fully saturated rings. The van der Waals surface area contributed by atoms with Crippen LogP contribution in [0, 0.1) is 11.7 Å². The highest BCUT2D eigenvalue weighted by Crippen LogP contribution is 2.23. The summed E-state index contributed by atoms with van der Waals surface area (Å²) in [6.45, 7) is 1.91. The van der Waals surface area contributed by atoms with Gasteiger partial charge < -0.3 is 20.3 Å². The van der Waals surface area contributed by atoms with Gasteiger partial charge in [0.15, 0.2) is 0 Å². The van der Waals surface area contributed by atoms with Crippen molar-refractivity contribution in [1.29, 1.82) is 0 Å². The van der Waals surface area contributed by atoms with E-state index >= 15 is 0 Å². The maximum absolute atomic E-state index is 13.6. The van der Waals surface area contributed by atoms with Gasteiger partial charge in [-0.1, -0.05) is 0 Å². The molecule has 2 amide bonds. The average molecular weight is 337 g/mol. The minimum absolute atomic E-state index is 0.0809. The van der Waals surface area contributed by atoms with Crippen LogP contribution in [-0.2, 0) is 4.79 Å². The number of carbonyl (C=O) groups is 2. The van der Waals surface area contributed by atoms with Crippen LogP contribution in [0.3, 0.4) is 0 Å². The topological polar surface area (TPSA) is 75.9 Å². The van der Waals surface area contributed by atoms with E-state index in [-0.39, 0.29) is 23.3 Å². The van der Waals surface area contributed by atoms with Crippen LogP contribution < -0.4 is 10.5 Å². The molecule has 0 radical (unpaired) electrons. The Morgan fingerprint density at radius 1 is 1.50 bits per heavy atom. The number of carbonyl (C=O) groups excluding carboxylic acids is 2. The molecule has 132 valence electrons. The van der Waals surface area contributed by atoms with Crippen LogP contribution in [0.4, 0.5) is 4.39 Å². The van der Waals surface area contributed by atoms with Crippen LogP contribution in [0.25, 0.3) is 0 Å². The highest BCUT2D eigenvalue weighted by molar-refractivity contribution is 5.96. The second-order valence-electron chi connectivity index (χ2n) is 6.16. The zero-order valence-corrected chi connectivity index (χ0v) is 14.1.